The lowest BCUT2D eigenvalue weighted by atomic mass is 10.0. The summed E-state index contributed by atoms with van der Waals surface area (Å²) < 4.78 is 13.1. The molecular formula is C23H22FN3O2. The number of hydrogen-bond donors (Lipinski definition) is 2. The zero-order valence-corrected chi connectivity index (χ0v) is 16.3. The monoisotopic (exact) mass is 391 g/mol. The van der Waals surface area contributed by atoms with Crippen LogP contribution in [0.5, 0.6) is 0 Å². The van der Waals surface area contributed by atoms with Crippen molar-refractivity contribution < 1.29 is 14.0 Å². The topological polar surface area (TPSA) is 71.1 Å². The molecule has 0 fully saturated rings. The Morgan fingerprint density at radius 2 is 1.79 bits per heavy atom. The zero-order chi connectivity index (χ0) is 20.8. The summed E-state index contributed by atoms with van der Waals surface area (Å²) in [5.41, 5.74) is 3.66. The molecule has 3 rings (SSSR count). The summed E-state index contributed by atoms with van der Waals surface area (Å²) in [5.74, 6) is -1.41. The van der Waals surface area contributed by atoms with Crippen molar-refractivity contribution in [1.82, 2.24) is 10.3 Å². The molecule has 0 saturated carbocycles. The van der Waals surface area contributed by atoms with Crippen molar-refractivity contribution in [1.29, 1.82) is 0 Å². The molecule has 6 heteroatoms. The van der Waals surface area contributed by atoms with Crippen molar-refractivity contribution in [3.8, 4) is 0 Å². The van der Waals surface area contributed by atoms with Crippen LogP contribution in [-0.2, 0) is 11.2 Å². The van der Waals surface area contributed by atoms with E-state index in [-0.39, 0.29) is 11.6 Å². The van der Waals surface area contributed by atoms with E-state index in [0.717, 1.165) is 29.0 Å². The molecule has 0 aliphatic carbocycles. The van der Waals surface area contributed by atoms with Gasteiger partial charge in [-0.15, -0.1) is 0 Å². The average Bonchev–Trinajstić information content (AvgIpc) is 2.70. The van der Waals surface area contributed by atoms with Crippen LogP contribution < -0.4 is 10.6 Å². The smallest absolute Gasteiger partial charge is 0.270 e. The lowest BCUT2D eigenvalue weighted by molar-refractivity contribution is -0.118. The fraction of sp³-hybridized carbons (Fsp3) is 0.174. The number of pyridine rings is 1. The van der Waals surface area contributed by atoms with Crippen molar-refractivity contribution >= 4 is 17.5 Å². The molecule has 0 saturated heterocycles. The molecule has 0 spiro atoms. The number of aromatic nitrogens is 1. The van der Waals surface area contributed by atoms with Gasteiger partial charge in [0.05, 0.1) is 6.20 Å². The van der Waals surface area contributed by atoms with E-state index < -0.39 is 17.8 Å². The average molecular weight is 391 g/mol. The maximum atomic E-state index is 13.1. The molecule has 2 N–H and O–H groups in total. The molecule has 1 heterocycles. The predicted molar refractivity (Wildman–Crippen MR) is 110 cm³/mol. The van der Waals surface area contributed by atoms with Gasteiger partial charge >= 0.3 is 0 Å². The van der Waals surface area contributed by atoms with Gasteiger partial charge in [0.1, 0.15) is 17.6 Å². The van der Waals surface area contributed by atoms with Crippen molar-refractivity contribution in [3.63, 3.8) is 0 Å². The number of nitrogens with one attached hydrogen (secondary N) is 2. The molecule has 0 bridgehead atoms. The molecule has 5 nitrogen and oxygen atoms in total. The number of hydrogen-bond acceptors (Lipinski definition) is 3. The molecule has 29 heavy (non-hydrogen) atoms. The van der Waals surface area contributed by atoms with E-state index in [9.17, 15) is 14.0 Å². The van der Waals surface area contributed by atoms with Crippen LogP contribution in [0.25, 0.3) is 0 Å². The van der Waals surface area contributed by atoms with Crippen LogP contribution in [0, 0.1) is 19.7 Å². The van der Waals surface area contributed by atoms with Gasteiger partial charge in [-0.25, -0.2) is 9.37 Å². The van der Waals surface area contributed by atoms with Gasteiger partial charge in [0.25, 0.3) is 5.91 Å². The SMILES string of the molecule is Cc1ccc(NC(=O)[C@H](Cc2ccccc2)NC(=O)c2ccc(F)cn2)c(C)c1. The lowest BCUT2D eigenvalue weighted by Gasteiger charge is -2.19. The van der Waals surface area contributed by atoms with Crippen LogP contribution in [0.2, 0.25) is 0 Å². The number of carbonyl (C=O) groups is 2. The third kappa shape index (κ3) is 5.48. The predicted octanol–water partition coefficient (Wildman–Crippen LogP) is 3.82. The third-order valence-corrected chi connectivity index (χ3v) is 4.50. The number of nitrogens with zero attached hydrogens (tertiary/aromatic N) is 1. The summed E-state index contributed by atoms with van der Waals surface area (Å²) in [6, 6.07) is 16.8. The minimum atomic E-state index is -0.822. The zero-order valence-electron chi connectivity index (χ0n) is 16.3. The first kappa shape index (κ1) is 20.2. The van der Waals surface area contributed by atoms with Gasteiger partial charge in [-0.3, -0.25) is 9.59 Å². The molecule has 1 atom stereocenters. The minimum Gasteiger partial charge on any atom is -0.339 e. The van der Waals surface area contributed by atoms with Crippen molar-refractivity contribution in [3.05, 3.63) is 95.1 Å². The Kier molecular flexibility index (Phi) is 6.34. The second-order valence-electron chi connectivity index (χ2n) is 6.89. The van der Waals surface area contributed by atoms with Crippen molar-refractivity contribution in [2.45, 2.75) is 26.3 Å². The number of amides is 2. The Morgan fingerprint density at radius 1 is 1.03 bits per heavy atom. The van der Waals surface area contributed by atoms with Gasteiger partial charge in [-0.1, -0.05) is 48.0 Å². The van der Waals surface area contributed by atoms with Gasteiger partial charge in [0.2, 0.25) is 5.91 Å². The van der Waals surface area contributed by atoms with E-state index in [0.29, 0.717) is 12.1 Å². The van der Waals surface area contributed by atoms with E-state index in [1.54, 1.807) is 0 Å². The van der Waals surface area contributed by atoms with Gasteiger partial charge in [0, 0.05) is 12.1 Å². The molecule has 0 radical (unpaired) electrons. The standard InChI is InChI=1S/C23H22FN3O2/c1-15-8-10-19(16(2)12-15)26-23(29)21(13-17-6-4-3-5-7-17)27-22(28)20-11-9-18(24)14-25-20/h3-12,14,21H,13H2,1-2H3,(H,26,29)(H,27,28)/t21-/m0/s1. The summed E-state index contributed by atoms with van der Waals surface area (Å²) in [5, 5.41) is 5.61. The first-order chi connectivity index (χ1) is 13.9. The summed E-state index contributed by atoms with van der Waals surface area (Å²) in [6.45, 7) is 3.89. The normalized spacial score (nSPS) is 11.6. The van der Waals surface area contributed by atoms with E-state index in [1.165, 1.54) is 6.07 Å². The molecule has 148 valence electrons. The lowest BCUT2D eigenvalue weighted by Crippen LogP contribution is -2.45. The molecule has 0 unspecified atom stereocenters. The Balaban J connectivity index is 1.80. The Bertz CT molecular complexity index is 1000. The number of carbonyl (C=O) groups excluding carboxylic acids is 2. The second-order valence-corrected chi connectivity index (χ2v) is 6.89. The summed E-state index contributed by atoms with van der Waals surface area (Å²) >= 11 is 0. The summed E-state index contributed by atoms with van der Waals surface area (Å²) in [7, 11) is 0. The molecular weight excluding hydrogens is 369 g/mol. The maximum absolute atomic E-state index is 13.1. The van der Waals surface area contributed by atoms with Crippen molar-refractivity contribution in [2.75, 3.05) is 5.32 Å². The highest BCUT2D eigenvalue weighted by atomic mass is 19.1. The van der Waals surface area contributed by atoms with Crippen LogP contribution in [0.3, 0.4) is 0 Å². The first-order valence-electron chi connectivity index (χ1n) is 9.27. The van der Waals surface area contributed by atoms with Crippen LogP contribution in [0.15, 0.2) is 66.9 Å². The van der Waals surface area contributed by atoms with Crippen molar-refractivity contribution in [2.24, 2.45) is 0 Å². The quantitative estimate of drug-likeness (QED) is 0.671. The van der Waals surface area contributed by atoms with E-state index in [4.69, 9.17) is 0 Å². The molecule has 0 aliphatic heterocycles. The maximum Gasteiger partial charge on any atom is 0.270 e. The molecule has 2 aromatic carbocycles. The third-order valence-electron chi connectivity index (χ3n) is 4.50. The van der Waals surface area contributed by atoms with Gasteiger partial charge in [-0.05, 0) is 43.2 Å². The highest BCUT2D eigenvalue weighted by Crippen LogP contribution is 2.17. The Hall–Kier alpha value is -3.54. The van der Waals surface area contributed by atoms with Gasteiger partial charge in [-0.2, -0.15) is 0 Å². The first-order valence-corrected chi connectivity index (χ1v) is 9.27. The van der Waals surface area contributed by atoms with Crippen LogP contribution >= 0.6 is 0 Å². The van der Waals surface area contributed by atoms with Crippen LogP contribution in [-0.4, -0.2) is 22.8 Å². The van der Waals surface area contributed by atoms with E-state index >= 15 is 0 Å². The molecule has 0 aliphatic rings. The Morgan fingerprint density at radius 3 is 2.45 bits per heavy atom. The second kappa shape index (κ2) is 9.10. The largest absolute Gasteiger partial charge is 0.339 e. The fourth-order valence-electron chi connectivity index (χ4n) is 2.98. The fourth-order valence-corrected chi connectivity index (χ4v) is 2.98. The van der Waals surface area contributed by atoms with Crippen LogP contribution in [0.1, 0.15) is 27.2 Å². The minimum absolute atomic E-state index is 0.0452. The van der Waals surface area contributed by atoms with E-state index in [1.807, 2.05) is 62.4 Å². The molecule has 3 aromatic rings. The number of aryl methyl sites for hydroxylation is 2. The number of rotatable bonds is 6. The summed E-state index contributed by atoms with van der Waals surface area (Å²) in [4.78, 5) is 29.3. The van der Waals surface area contributed by atoms with Crippen LogP contribution in [0.4, 0.5) is 10.1 Å². The number of benzene rings is 2. The molecule has 2 amide bonds. The number of anilines is 1. The van der Waals surface area contributed by atoms with E-state index in [2.05, 4.69) is 15.6 Å². The Labute approximate surface area is 169 Å². The summed E-state index contributed by atoms with van der Waals surface area (Å²) in [6.07, 6.45) is 1.28. The number of halogens is 1. The van der Waals surface area contributed by atoms with Gasteiger partial charge in [0.15, 0.2) is 0 Å². The highest BCUT2D eigenvalue weighted by molar-refractivity contribution is 6.00. The van der Waals surface area contributed by atoms with Gasteiger partial charge < -0.3 is 10.6 Å². The molecule has 1 aromatic heterocycles. The highest BCUT2D eigenvalue weighted by Gasteiger charge is 2.23.